The van der Waals surface area contributed by atoms with E-state index in [1.54, 1.807) is 0 Å². The molecule has 26 heavy (non-hydrogen) atoms. The monoisotopic (exact) mass is 353 g/mol. The van der Waals surface area contributed by atoms with Gasteiger partial charge in [0.2, 0.25) is 5.91 Å². The summed E-state index contributed by atoms with van der Waals surface area (Å²) in [7, 11) is 0. The summed E-state index contributed by atoms with van der Waals surface area (Å²) in [5.74, 6) is 0.677. The van der Waals surface area contributed by atoms with Gasteiger partial charge in [0.25, 0.3) is 0 Å². The predicted molar refractivity (Wildman–Crippen MR) is 103 cm³/mol. The molecule has 1 aliphatic rings. The first-order valence-corrected chi connectivity index (χ1v) is 9.19. The van der Waals surface area contributed by atoms with E-state index in [4.69, 9.17) is 10.5 Å². The van der Waals surface area contributed by atoms with Crippen molar-refractivity contribution >= 4 is 5.91 Å². The van der Waals surface area contributed by atoms with Gasteiger partial charge in [0.1, 0.15) is 12.4 Å². The summed E-state index contributed by atoms with van der Waals surface area (Å²) >= 11 is 0. The maximum atomic E-state index is 11.0. The number of carbonyl (C=O) groups excluding carboxylic acids is 1. The van der Waals surface area contributed by atoms with E-state index in [1.807, 2.05) is 36.4 Å². The summed E-state index contributed by atoms with van der Waals surface area (Å²) in [6.45, 7) is 3.54. The van der Waals surface area contributed by atoms with E-state index < -0.39 is 0 Å². The average Bonchev–Trinajstić information content (AvgIpc) is 2.67. The highest BCUT2D eigenvalue weighted by molar-refractivity contribution is 5.75. The number of carbonyl (C=O) groups is 1. The molecule has 3 N–H and O–H groups in total. The number of likely N-dealkylation sites (tertiary alicyclic amines) is 1. The number of nitrogens with two attached hydrogens (primary N) is 1. The van der Waals surface area contributed by atoms with Crippen LogP contribution in [0.25, 0.3) is 0 Å². The van der Waals surface area contributed by atoms with Crippen LogP contribution in [0.4, 0.5) is 0 Å². The highest BCUT2D eigenvalue weighted by atomic mass is 16.5. The Kier molecular flexibility index (Phi) is 6.63. The number of benzene rings is 2. The second-order valence-corrected chi connectivity index (χ2v) is 6.78. The molecule has 0 unspecified atom stereocenters. The van der Waals surface area contributed by atoms with Crippen LogP contribution in [-0.4, -0.2) is 36.5 Å². The van der Waals surface area contributed by atoms with Crippen molar-refractivity contribution in [3.8, 4) is 5.75 Å². The third-order valence-corrected chi connectivity index (χ3v) is 4.76. The molecule has 0 spiro atoms. The summed E-state index contributed by atoms with van der Waals surface area (Å²) in [5.41, 5.74) is 7.60. The zero-order valence-electron chi connectivity index (χ0n) is 15.1. The Hall–Kier alpha value is -2.37. The zero-order valence-corrected chi connectivity index (χ0v) is 15.1. The van der Waals surface area contributed by atoms with E-state index in [1.165, 1.54) is 5.56 Å². The zero-order chi connectivity index (χ0) is 18.2. The maximum absolute atomic E-state index is 11.0. The lowest BCUT2D eigenvalue weighted by Gasteiger charge is -2.31. The van der Waals surface area contributed by atoms with Crippen LogP contribution in [0.2, 0.25) is 0 Å². The second-order valence-electron chi connectivity index (χ2n) is 6.78. The molecule has 0 radical (unpaired) electrons. The van der Waals surface area contributed by atoms with Gasteiger partial charge in [-0.05, 0) is 24.5 Å². The van der Waals surface area contributed by atoms with E-state index in [2.05, 4.69) is 28.4 Å². The van der Waals surface area contributed by atoms with Gasteiger partial charge in [-0.15, -0.1) is 0 Å². The van der Waals surface area contributed by atoms with Crippen molar-refractivity contribution in [3.63, 3.8) is 0 Å². The first-order chi connectivity index (χ1) is 12.7. The number of para-hydroxylation sites is 1. The van der Waals surface area contributed by atoms with E-state index in [0.717, 1.165) is 43.8 Å². The third kappa shape index (κ3) is 5.58. The Morgan fingerprint density at radius 2 is 1.77 bits per heavy atom. The van der Waals surface area contributed by atoms with Crippen LogP contribution in [0.15, 0.2) is 54.6 Å². The topological polar surface area (TPSA) is 67.6 Å². The SMILES string of the molecule is NC(=O)CN1CCC(NCc2ccccc2OCc2ccccc2)CC1. The van der Waals surface area contributed by atoms with Crippen LogP contribution in [0.1, 0.15) is 24.0 Å². The number of nitrogens with zero attached hydrogens (tertiary/aromatic N) is 1. The van der Waals surface area contributed by atoms with Gasteiger partial charge in [0, 0.05) is 31.2 Å². The second kappa shape index (κ2) is 9.36. The molecule has 5 heteroatoms. The number of hydrogen-bond donors (Lipinski definition) is 2. The molecule has 2 aromatic rings. The van der Waals surface area contributed by atoms with Gasteiger partial charge in [-0.3, -0.25) is 9.69 Å². The third-order valence-electron chi connectivity index (χ3n) is 4.76. The molecular formula is C21H27N3O2. The molecular weight excluding hydrogens is 326 g/mol. The minimum atomic E-state index is -0.249. The summed E-state index contributed by atoms with van der Waals surface area (Å²) < 4.78 is 6.02. The summed E-state index contributed by atoms with van der Waals surface area (Å²) in [6, 6.07) is 18.8. The molecule has 2 aromatic carbocycles. The van der Waals surface area contributed by atoms with E-state index in [-0.39, 0.29) is 5.91 Å². The molecule has 0 saturated carbocycles. The first-order valence-electron chi connectivity index (χ1n) is 9.19. The van der Waals surface area contributed by atoms with Crippen molar-refractivity contribution in [1.29, 1.82) is 0 Å². The number of nitrogens with one attached hydrogen (secondary N) is 1. The summed E-state index contributed by atoms with van der Waals surface area (Å²) in [6.07, 6.45) is 2.06. The van der Waals surface area contributed by atoms with Crippen LogP contribution < -0.4 is 15.8 Å². The lowest BCUT2D eigenvalue weighted by atomic mass is 10.0. The molecule has 138 valence electrons. The van der Waals surface area contributed by atoms with Crippen LogP contribution in [-0.2, 0) is 17.9 Å². The Bertz CT molecular complexity index is 697. The Balaban J connectivity index is 1.49. The molecule has 1 heterocycles. The molecule has 1 fully saturated rings. The minimum absolute atomic E-state index is 0.249. The number of rotatable bonds is 8. The molecule has 3 rings (SSSR count). The number of amides is 1. The van der Waals surface area contributed by atoms with E-state index in [9.17, 15) is 4.79 Å². The highest BCUT2D eigenvalue weighted by Crippen LogP contribution is 2.20. The van der Waals surface area contributed by atoms with Crippen LogP contribution in [0.3, 0.4) is 0 Å². The van der Waals surface area contributed by atoms with Crippen LogP contribution in [0, 0.1) is 0 Å². The van der Waals surface area contributed by atoms with Gasteiger partial charge in [-0.1, -0.05) is 48.5 Å². The summed E-state index contributed by atoms with van der Waals surface area (Å²) in [4.78, 5) is 13.1. The standard InChI is InChI=1S/C21H27N3O2/c22-21(25)15-24-12-10-19(11-13-24)23-14-18-8-4-5-9-20(18)26-16-17-6-2-1-3-7-17/h1-9,19,23H,10-16H2,(H2,22,25). The minimum Gasteiger partial charge on any atom is -0.489 e. The smallest absolute Gasteiger partial charge is 0.231 e. The number of ether oxygens (including phenoxy) is 1. The fraction of sp³-hybridized carbons (Fsp3) is 0.381. The van der Waals surface area contributed by atoms with Crippen LogP contribution in [0.5, 0.6) is 5.75 Å². The fourth-order valence-corrected chi connectivity index (χ4v) is 3.30. The van der Waals surface area contributed by atoms with Gasteiger partial charge < -0.3 is 15.8 Å². The average molecular weight is 353 g/mol. The molecule has 0 atom stereocenters. The normalized spacial score (nSPS) is 15.7. The predicted octanol–water partition coefficient (Wildman–Crippen LogP) is 2.30. The van der Waals surface area contributed by atoms with E-state index in [0.29, 0.717) is 19.2 Å². The summed E-state index contributed by atoms with van der Waals surface area (Å²) in [5, 5.41) is 3.63. The highest BCUT2D eigenvalue weighted by Gasteiger charge is 2.20. The molecule has 0 aliphatic carbocycles. The van der Waals surface area contributed by atoms with Gasteiger partial charge in [-0.2, -0.15) is 0 Å². The van der Waals surface area contributed by atoms with Crippen molar-refractivity contribution in [2.75, 3.05) is 19.6 Å². The van der Waals surface area contributed by atoms with E-state index >= 15 is 0 Å². The van der Waals surface area contributed by atoms with Gasteiger partial charge in [0.15, 0.2) is 0 Å². The molecule has 1 amide bonds. The molecule has 5 nitrogen and oxygen atoms in total. The Labute approximate surface area is 155 Å². The Morgan fingerprint density at radius 3 is 2.50 bits per heavy atom. The number of hydrogen-bond acceptors (Lipinski definition) is 4. The lowest BCUT2D eigenvalue weighted by Crippen LogP contribution is -2.45. The van der Waals surface area contributed by atoms with Crippen molar-refractivity contribution in [1.82, 2.24) is 10.2 Å². The van der Waals surface area contributed by atoms with Crippen molar-refractivity contribution in [3.05, 3.63) is 65.7 Å². The number of primary amides is 1. The van der Waals surface area contributed by atoms with Crippen molar-refractivity contribution in [2.24, 2.45) is 5.73 Å². The Morgan fingerprint density at radius 1 is 1.08 bits per heavy atom. The maximum Gasteiger partial charge on any atom is 0.231 e. The van der Waals surface area contributed by atoms with Crippen molar-refractivity contribution < 1.29 is 9.53 Å². The van der Waals surface area contributed by atoms with Crippen LogP contribution >= 0.6 is 0 Å². The first kappa shape index (κ1) is 18.4. The molecule has 1 saturated heterocycles. The largest absolute Gasteiger partial charge is 0.489 e. The molecule has 1 aliphatic heterocycles. The fourth-order valence-electron chi connectivity index (χ4n) is 3.30. The van der Waals surface area contributed by atoms with Gasteiger partial charge >= 0.3 is 0 Å². The van der Waals surface area contributed by atoms with Crippen molar-refractivity contribution in [2.45, 2.75) is 32.0 Å². The lowest BCUT2D eigenvalue weighted by molar-refractivity contribution is -0.119. The quantitative estimate of drug-likeness (QED) is 0.764. The number of piperidine rings is 1. The van der Waals surface area contributed by atoms with Gasteiger partial charge in [0.05, 0.1) is 6.54 Å². The van der Waals surface area contributed by atoms with Gasteiger partial charge in [-0.25, -0.2) is 0 Å². The molecule has 0 bridgehead atoms. The molecule has 0 aromatic heterocycles.